The molecule has 0 aromatic heterocycles. The number of nitrogens with one attached hydrogen (secondary N) is 2. The average molecular weight is 495 g/mol. The van der Waals surface area contributed by atoms with Crippen molar-refractivity contribution in [1.82, 2.24) is 8.61 Å². The molecule has 3 rings (SSSR count). The van der Waals surface area contributed by atoms with Gasteiger partial charge < -0.3 is 5.32 Å². The Labute approximate surface area is 196 Å². The van der Waals surface area contributed by atoms with Crippen LogP contribution in [0.15, 0.2) is 47.4 Å². The third kappa shape index (κ3) is 5.72. The maximum absolute atomic E-state index is 12.8. The topological polar surface area (TPSA) is 116 Å². The van der Waals surface area contributed by atoms with Crippen LogP contribution in [-0.4, -0.2) is 58.5 Å². The number of carbonyl (C=O) groups is 1. The maximum atomic E-state index is 12.8. The molecule has 1 amide bonds. The molecule has 0 aliphatic carbocycles. The smallest absolute Gasteiger partial charge is 0.281 e. The van der Waals surface area contributed by atoms with E-state index in [-0.39, 0.29) is 17.3 Å². The largest absolute Gasteiger partial charge is 0.326 e. The van der Waals surface area contributed by atoms with E-state index in [4.69, 9.17) is 0 Å². The average Bonchev–Trinajstić information content (AvgIpc) is 2.77. The summed E-state index contributed by atoms with van der Waals surface area (Å²) < 4.78 is 55.4. The van der Waals surface area contributed by atoms with Crippen molar-refractivity contribution in [2.45, 2.75) is 31.6 Å². The number of sulfonamides is 1. The van der Waals surface area contributed by atoms with Crippen molar-refractivity contribution in [3.05, 3.63) is 53.6 Å². The molecule has 0 radical (unpaired) electrons. The Bertz CT molecular complexity index is 1210. The quantitative estimate of drug-likeness (QED) is 0.614. The maximum Gasteiger partial charge on any atom is 0.281 e. The minimum atomic E-state index is -3.80. The molecule has 1 aliphatic rings. The van der Waals surface area contributed by atoms with Crippen molar-refractivity contribution in [3.8, 4) is 0 Å². The summed E-state index contributed by atoms with van der Waals surface area (Å²) in [5, 5.41) is 2.77. The first-order valence-corrected chi connectivity index (χ1v) is 13.5. The molecule has 1 atom stereocenters. The lowest BCUT2D eigenvalue weighted by Gasteiger charge is -2.32. The van der Waals surface area contributed by atoms with Gasteiger partial charge in [0.15, 0.2) is 0 Å². The summed E-state index contributed by atoms with van der Waals surface area (Å²) in [5.74, 6) is -0.777. The van der Waals surface area contributed by atoms with Gasteiger partial charge in [0.05, 0.1) is 16.5 Å². The SMILES string of the molecule is Cc1cccc(C)c1NS(=O)(=O)c1ccc(NC(=O)C2CCCN(S(=O)(=O)N(C)C)C2)cc1. The standard InChI is InChI=1S/C22H30N4O5S2/c1-16-7-5-8-17(2)21(16)24-32(28,29)20-12-10-19(11-13-20)23-22(27)18-9-6-14-26(15-18)33(30,31)25(3)4/h5,7-8,10-13,18,24H,6,9,14-15H2,1-4H3,(H,23,27). The second kappa shape index (κ2) is 9.80. The Kier molecular flexibility index (Phi) is 7.47. The number of para-hydroxylation sites is 1. The highest BCUT2D eigenvalue weighted by atomic mass is 32.2. The van der Waals surface area contributed by atoms with Crippen LogP contribution in [0.5, 0.6) is 0 Å². The van der Waals surface area contributed by atoms with E-state index in [1.165, 1.54) is 42.7 Å². The van der Waals surface area contributed by atoms with Crippen molar-refractivity contribution >= 4 is 37.5 Å². The molecular weight excluding hydrogens is 464 g/mol. The van der Waals surface area contributed by atoms with Gasteiger partial charge in [0, 0.05) is 32.9 Å². The summed E-state index contributed by atoms with van der Waals surface area (Å²) >= 11 is 0. The molecule has 1 unspecified atom stereocenters. The fraction of sp³-hybridized carbons (Fsp3) is 0.409. The number of anilines is 2. The number of carbonyl (C=O) groups excluding carboxylic acids is 1. The van der Waals surface area contributed by atoms with Gasteiger partial charge in [-0.25, -0.2) is 8.42 Å². The summed E-state index contributed by atoms with van der Waals surface area (Å²) in [6.45, 7) is 4.15. The second-order valence-corrected chi connectivity index (χ2v) is 12.2. The molecule has 180 valence electrons. The Balaban J connectivity index is 1.68. The molecule has 2 N–H and O–H groups in total. The number of piperidine rings is 1. The lowest BCUT2D eigenvalue weighted by Crippen LogP contribution is -2.47. The molecule has 2 aromatic carbocycles. The number of aryl methyl sites for hydroxylation is 2. The Morgan fingerprint density at radius 1 is 1.00 bits per heavy atom. The molecule has 33 heavy (non-hydrogen) atoms. The van der Waals surface area contributed by atoms with Crippen LogP contribution in [-0.2, 0) is 25.0 Å². The van der Waals surface area contributed by atoms with E-state index in [9.17, 15) is 21.6 Å². The minimum absolute atomic E-state index is 0.0732. The fourth-order valence-corrected chi connectivity index (χ4v) is 6.12. The zero-order valence-electron chi connectivity index (χ0n) is 19.2. The lowest BCUT2D eigenvalue weighted by molar-refractivity contribution is -0.120. The number of amides is 1. The van der Waals surface area contributed by atoms with Gasteiger partial charge >= 0.3 is 0 Å². The van der Waals surface area contributed by atoms with E-state index in [0.29, 0.717) is 30.8 Å². The summed E-state index contributed by atoms with van der Waals surface area (Å²) in [6.07, 6.45) is 1.17. The zero-order chi connectivity index (χ0) is 24.4. The van der Waals surface area contributed by atoms with Gasteiger partial charge in [-0.05, 0) is 62.1 Å². The first-order valence-electron chi connectivity index (χ1n) is 10.6. The summed E-state index contributed by atoms with van der Waals surface area (Å²) in [4.78, 5) is 12.8. The Morgan fingerprint density at radius 3 is 2.18 bits per heavy atom. The Hall–Kier alpha value is -2.47. The molecule has 9 nitrogen and oxygen atoms in total. The molecule has 1 aliphatic heterocycles. The van der Waals surface area contributed by atoms with Crippen LogP contribution >= 0.6 is 0 Å². The number of rotatable bonds is 7. The van der Waals surface area contributed by atoms with Gasteiger partial charge in [-0.15, -0.1) is 0 Å². The van der Waals surface area contributed by atoms with Crippen LogP contribution in [0.2, 0.25) is 0 Å². The molecule has 1 fully saturated rings. The fourth-order valence-electron chi connectivity index (χ4n) is 3.73. The van der Waals surface area contributed by atoms with Gasteiger partial charge in [-0.1, -0.05) is 18.2 Å². The summed E-state index contributed by atoms with van der Waals surface area (Å²) in [5.41, 5.74) is 2.63. The number of benzene rings is 2. The number of nitrogens with zero attached hydrogens (tertiary/aromatic N) is 2. The van der Waals surface area contributed by atoms with Gasteiger partial charge in [0.1, 0.15) is 0 Å². The molecule has 0 bridgehead atoms. The molecule has 0 saturated carbocycles. The van der Waals surface area contributed by atoms with Crippen LogP contribution in [0.3, 0.4) is 0 Å². The van der Waals surface area contributed by atoms with Crippen LogP contribution in [0, 0.1) is 19.8 Å². The first kappa shape index (κ1) is 25.2. The molecule has 11 heteroatoms. The minimum Gasteiger partial charge on any atom is -0.326 e. The van der Waals surface area contributed by atoms with E-state index in [0.717, 1.165) is 15.4 Å². The monoisotopic (exact) mass is 494 g/mol. The van der Waals surface area contributed by atoms with Gasteiger partial charge in [0.2, 0.25) is 5.91 Å². The van der Waals surface area contributed by atoms with Crippen molar-refractivity contribution in [3.63, 3.8) is 0 Å². The van der Waals surface area contributed by atoms with E-state index >= 15 is 0 Å². The molecule has 1 saturated heterocycles. The molecule has 2 aromatic rings. The molecular formula is C22H30N4O5S2. The zero-order valence-corrected chi connectivity index (χ0v) is 20.8. The third-order valence-corrected chi connectivity index (χ3v) is 8.97. The van der Waals surface area contributed by atoms with E-state index in [1.807, 2.05) is 32.0 Å². The van der Waals surface area contributed by atoms with Crippen molar-refractivity contribution in [2.75, 3.05) is 37.2 Å². The highest BCUT2D eigenvalue weighted by Gasteiger charge is 2.33. The first-order chi connectivity index (χ1) is 15.4. The predicted octanol–water partition coefficient (Wildman–Crippen LogP) is 2.56. The second-order valence-electron chi connectivity index (χ2n) is 8.37. The van der Waals surface area contributed by atoms with Crippen molar-refractivity contribution < 1.29 is 21.6 Å². The van der Waals surface area contributed by atoms with E-state index < -0.39 is 26.2 Å². The van der Waals surface area contributed by atoms with Gasteiger partial charge in [-0.2, -0.15) is 17.0 Å². The number of hydrogen-bond acceptors (Lipinski definition) is 5. The molecule has 1 heterocycles. The summed E-state index contributed by atoms with van der Waals surface area (Å²) in [7, 11) is -4.45. The van der Waals surface area contributed by atoms with Gasteiger partial charge in [-0.3, -0.25) is 9.52 Å². The van der Waals surface area contributed by atoms with Crippen LogP contribution in [0.1, 0.15) is 24.0 Å². The molecule has 0 spiro atoms. The predicted molar refractivity (Wildman–Crippen MR) is 129 cm³/mol. The number of hydrogen-bond donors (Lipinski definition) is 2. The van der Waals surface area contributed by atoms with E-state index in [1.54, 1.807) is 0 Å². The van der Waals surface area contributed by atoms with E-state index in [2.05, 4.69) is 10.0 Å². The Morgan fingerprint density at radius 2 is 1.61 bits per heavy atom. The lowest BCUT2D eigenvalue weighted by atomic mass is 9.99. The van der Waals surface area contributed by atoms with Gasteiger partial charge in [0.25, 0.3) is 20.2 Å². The van der Waals surface area contributed by atoms with Crippen LogP contribution < -0.4 is 10.0 Å². The van der Waals surface area contributed by atoms with Crippen molar-refractivity contribution in [2.24, 2.45) is 5.92 Å². The van der Waals surface area contributed by atoms with Crippen molar-refractivity contribution in [1.29, 1.82) is 0 Å². The normalized spacial score (nSPS) is 17.7. The van der Waals surface area contributed by atoms with Crippen LogP contribution in [0.25, 0.3) is 0 Å². The third-order valence-electron chi connectivity index (χ3n) is 5.69. The highest BCUT2D eigenvalue weighted by molar-refractivity contribution is 7.92. The van der Waals surface area contributed by atoms with Crippen LogP contribution in [0.4, 0.5) is 11.4 Å². The summed E-state index contributed by atoms with van der Waals surface area (Å²) in [6, 6.07) is 11.4. The highest BCUT2D eigenvalue weighted by Crippen LogP contribution is 2.25.